The Balaban J connectivity index is 1.57. The second-order valence-electron chi connectivity index (χ2n) is 6.46. The largest absolute Gasteiger partial charge is 0.481 e. The van der Waals surface area contributed by atoms with Gasteiger partial charge in [0.15, 0.2) is 0 Å². The number of nitrogens with zero attached hydrogens (tertiary/aromatic N) is 1. The number of aliphatic carboxylic acids is 1. The highest BCUT2D eigenvalue weighted by Crippen LogP contribution is 2.44. The standard InChI is InChI=1S/C16H19BrN2O3/c1-16(14(20)21)6-7-19(9-16)15(22)18-13-8-11(13)10-4-2-3-5-12(10)17/h2-5,11,13H,6-9H2,1H3,(H,18,22)(H,20,21)/t11-,13+,16?/m0/s1. The van der Waals surface area contributed by atoms with E-state index in [-0.39, 0.29) is 18.6 Å². The number of hydrogen-bond acceptors (Lipinski definition) is 2. The minimum Gasteiger partial charge on any atom is -0.481 e. The third-order valence-corrected chi connectivity index (χ3v) is 5.40. The summed E-state index contributed by atoms with van der Waals surface area (Å²) in [5, 5.41) is 12.2. The SMILES string of the molecule is CC1(C(=O)O)CCN(C(=O)N[C@@H]2C[C@H]2c2ccccc2Br)C1. The van der Waals surface area contributed by atoms with E-state index >= 15 is 0 Å². The molecular formula is C16H19BrN2O3. The third-order valence-electron chi connectivity index (χ3n) is 4.68. The first-order valence-corrected chi connectivity index (χ1v) is 8.23. The fourth-order valence-corrected chi connectivity index (χ4v) is 3.61. The quantitative estimate of drug-likeness (QED) is 0.863. The molecule has 0 bridgehead atoms. The first kappa shape index (κ1) is 15.3. The molecule has 3 atom stereocenters. The molecule has 1 aliphatic carbocycles. The number of amides is 2. The molecule has 0 radical (unpaired) electrons. The first-order chi connectivity index (χ1) is 10.4. The average Bonchev–Trinajstić information content (AvgIpc) is 3.09. The van der Waals surface area contributed by atoms with Gasteiger partial charge in [0.05, 0.1) is 5.41 Å². The number of carbonyl (C=O) groups is 2. The van der Waals surface area contributed by atoms with Gasteiger partial charge in [0.2, 0.25) is 0 Å². The lowest BCUT2D eigenvalue weighted by atomic mass is 9.90. The summed E-state index contributed by atoms with van der Waals surface area (Å²) in [5.74, 6) is -0.492. The Morgan fingerprint density at radius 1 is 1.41 bits per heavy atom. The summed E-state index contributed by atoms with van der Waals surface area (Å²) in [7, 11) is 0. The van der Waals surface area contributed by atoms with E-state index in [0.29, 0.717) is 18.9 Å². The van der Waals surface area contributed by atoms with Crippen molar-refractivity contribution in [2.24, 2.45) is 5.41 Å². The average molecular weight is 367 g/mol. The molecule has 2 N–H and O–H groups in total. The number of likely N-dealkylation sites (tertiary alicyclic amines) is 1. The van der Waals surface area contributed by atoms with Gasteiger partial charge in [-0.1, -0.05) is 34.1 Å². The van der Waals surface area contributed by atoms with Crippen LogP contribution in [0.2, 0.25) is 0 Å². The molecule has 0 spiro atoms. The lowest BCUT2D eigenvalue weighted by Crippen LogP contribution is -2.42. The highest BCUT2D eigenvalue weighted by molar-refractivity contribution is 9.10. The van der Waals surface area contributed by atoms with E-state index in [2.05, 4.69) is 27.3 Å². The molecule has 1 saturated heterocycles. The molecule has 2 aliphatic rings. The Bertz CT molecular complexity index is 621. The smallest absolute Gasteiger partial charge is 0.317 e. The van der Waals surface area contributed by atoms with Crippen LogP contribution in [0.4, 0.5) is 4.79 Å². The molecule has 1 saturated carbocycles. The van der Waals surface area contributed by atoms with Crippen LogP contribution < -0.4 is 5.32 Å². The predicted molar refractivity (Wildman–Crippen MR) is 85.8 cm³/mol. The second-order valence-corrected chi connectivity index (χ2v) is 7.31. The lowest BCUT2D eigenvalue weighted by Gasteiger charge is -2.20. The summed E-state index contributed by atoms with van der Waals surface area (Å²) in [6.07, 6.45) is 1.44. The maximum Gasteiger partial charge on any atom is 0.317 e. The summed E-state index contributed by atoms with van der Waals surface area (Å²) in [5.41, 5.74) is 0.396. The Labute approximate surface area is 137 Å². The Hall–Kier alpha value is -1.56. The molecule has 6 heteroatoms. The van der Waals surface area contributed by atoms with E-state index in [1.807, 2.05) is 18.2 Å². The number of carboxylic acids is 1. The normalized spacial score (nSPS) is 30.2. The van der Waals surface area contributed by atoms with E-state index in [0.717, 1.165) is 10.9 Å². The van der Waals surface area contributed by atoms with Gasteiger partial charge in [0.25, 0.3) is 0 Å². The van der Waals surface area contributed by atoms with Crippen LogP contribution in [0.3, 0.4) is 0 Å². The van der Waals surface area contributed by atoms with E-state index in [9.17, 15) is 14.7 Å². The zero-order valence-corrected chi connectivity index (χ0v) is 14.0. The summed E-state index contributed by atoms with van der Waals surface area (Å²) in [6.45, 7) is 2.48. The molecule has 0 aromatic heterocycles. The molecule has 3 rings (SSSR count). The highest BCUT2D eigenvalue weighted by Gasteiger charge is 2.45. The molecule has 22 heavy (non-hydrogen) atoms. The van der Waals surface area contributed by atoms with Crippen molar-refractivity contribution in [1.29, 1.82) is 0 Å². The van der Waals surface area contributed by atoms with Crippen molar-refractivity contribution >= 4 is 27.9 Å². The predicted octanol–water partition coefficient (Wildman–Crippen LogP) is 2.81. The molecule has 2 fully saturated rings. The monoisotopic (exact) mass is 366 g/mol. The van der Waals surface area contributed by atoms with Gasteiger partial charge in [0, 0.05) is 29.5 Å². The van der Waals surface area contributed by atoms with Gasteiger partial charge in [0.1, 0.15) is 0 Å². The van der Waals surface area contributed by atoms with Gasteiger partial charge in [-0.3, -0.25) is 4.79 Å². The number of nitrogens with one attached hydrogen (secondary N) is 1. The number of carbonyl (C=O) groups excluding carboxylic acids is 1. The molecular weight excluding hydrogens is 348 g/mol. The number of carboxylic acid groups (broad SMARTS) is 1. The van der Waals surface area contributed by atoms with E-state index in [1.54, 1.807) is 11.8 Å². The Kier molecular flexibility index (Phi) is 3.89. The summed E-state index contributed by atoms with van der Waals surface area (Å²) in [6, 6.07) is 8.03. The Morgan fingerprint density at radius 3 is 2.77 bits per heavy atom. The maximum atomic E-state index is 12.3. The van der Waals surface area contributed by atoms with E-state index in [1.165, 1.54) is 5.56 Å². The first-order valence-electron chi connectivity index (χ1n) is 7.44. The molecule has 1 aromatic rings. The number of halogens is 1. The zero-order chi connectivity index (χ0) is 15.9. The molecule has 1 aliphatic heterocycles. The van der Waals surface area contributed by atoms with Gasteiger partial charge >= 0.3 is 12.0 Å². The van der Waals surface area contributed by atoms with Crippen molar-refractivity contribution in [3.05, 3.63) is 34.3 Å². The number of benzene rings is 1. The highest BCUT2D eigenvalue weighted by atomic mass is 79.9. The summed E-state index contributed by atoms with van der Waals surface area (Å²) < 4.78 is 1.07. The van der Waals surface area contributed by atoms with Crippen LogP contribution in [0.5, 0.6) is 0 Å². The van der Waals surface area contributed by atoms with Crippen molar-refractivity contribution in [3.63, 3.8) is 0 Å². The van der Waals surface area contributed by atoms with Crippen LogP contribution in [0, 0.1) is 5.41 Å². The molecule has 2 amide bonds. The van der Waals surface area contributed by atoms with Crippen LogP contribution in [0.25, 0.3) is 0 Å². The number of urea groups is 1. The fourth-order valence-electron chi connectivity index (χ4n) is 3.03. The van der Waals surface area contributed by atoms with Gasteiger partial charge in [-0.2, -0.15) is 0 Å². The van der Waals surface area contributed by atoms with Crippen molar-refractivity contribution < 1.29 is 14.7 Å². The summed E-state index contributed by atoms with van der Waals surface area (Å²) in [4.78, 5) is 25.1. The van der Waals surface area contributed by atoms with Gasteiger partial charge in [-0.25, -0.2) is 4.79 Å². The Morgan fingerprint density at radius 2 is 2.14 bits per heavy atom. The van der Waals surface area contributed by atoms with Crippen LogP contribution in [-0.4, -0.2) is 41.1 Å². The van der Waals surface area contributed by atoms with Crippen molar-refractivity contribution in [2.75, 3.05) is 13.1 Å². The minimum absolute atomic E-state index is 0.142. The molecule has 1 heterocycles. The second kappa shape index (κ2) is 5.57. The number of rotatable bonds is 3. The molecule has 5 nitrogen and oxygen atoms in total. The van der Waals surface area contributed by atoms with Crippen molar-refractivity contribution in [3.8, 4) is 0 Å². The van der Waals surface area contributed by atoms with Gasteiger partial charge < -0.3 is 15.3 Å². The fraction of sp³-hybridized carbons (Fsp3) is 0.500. The van der Waals surface area contributed by atoms with Gasteiger partial charge in [-0.05, 0) is 31.4 Å². The van der Waals surface area contributed by atoms with Gasteiger partial charge in [-0.15, -0.1) is 0 Å². The lowest BCUT2D eigenvalue weighted by molar-refractivity contribution is -0.146. The van der Waals surface area contributed by atoms with Crippen LogP contribution >= 0.6 is 15.9 Å². The summed E-state index contributed by atoms with van der Waals surface area (Å²) >= 11 is 3.54. The maximum absolute atomic E-state index is 12.3. The molecule has 118 valence electrons. The van der Waals surface area contributed by atoms with E-state index in [4.69, 9.17) is 0 Å². The minimum atomic E-state index is -0.833. The molecule has 1 aromatic carbocycles. The van der Waals surface area contributed by atoms with Crippen LogP contribution in [0.15, 0.2) is 28.7 Å². The van der Waals surface area contributed by atoms with Crippen molar-refractivity contribution in [1.82, 2.24) is 10.2 Å². The van der Waals surface area contributed by atoms with Crippen molar-refractivity contribution in [2.45, 2.75) is 31.7 Å². The van der Waals surface area contributed by atoms with E-state index < -0.39 is 11.4 Å². The number of hydrogen-bond donors (Lipinski definition) is 2. The topological polar surface area (TPSA) is 69.6 Å². The van der Waals surface area contributed by atoms with Crippen LogP contribution in [-0.2, 0) is 4.79 Å². The van der Waals surface area contributed by atoms with Crippen LogP contribution in [0.1, 0.15) is 31.2 Å². The molecule has 1 unspecified atom stereocenters. The third kappa shape index (κ3) is 2.84. The zero-order valence-electron chi connectivity index (χ0n) is 12.4.